The number of aromatic amines is 1. The summed E-state index contributed by atoms with van der Waals surface area (Å²) in [6.07, 6.45) is 7.60. The van der Waals surface area contributed by atoms with Gasteiger partial charge < -0.3 is 14.5 Å². The molecule has 5 heteroatoms. The van der Waals surface area contributed by atoms with E-state index in [2.05, 4.69) is 9.97 Å². The molecule has 0 unspecified atom stereocenters. The molecule has 0 aliphatic heterocycles. The lowest BCUT2D eigenvalue weighted by atomic mass is 9.90. The highest BCUT2D eigenvalue weighted by Gasteiger charge is 2.16. The minimum absolute atomic E-state index is 0.156. The molecule has 1 heterocycles. The summed E-state index contributed by atoms with van der Waals surface area (Å²) >= 11 is 0. The second-order valence-corrected chi connectivity index (χ2v) is 4.39. The van der Waals surface area contributed by atoms with Crippen LogP contribution in [0, 0.1) is 5.92 Å². The van der Waals surface area contributed by atoms with Crippen LogP contribution in [0.1, 0.15) is 32.1 Å². The Bertz CT molecular complexity index is 410. The third-order valence-electron chi connectivity index (χ3n) is 3.16. The number of nitrogens with zero attached hydrogens (tertiary/aromatic N) is 1. The molecule has 1 aromatic rings. The number of hydrogen-bond acceptors (Lipinski definition) is 4. The van der Waals surface area contributed by atoms with Gasteiger partial charge in [-0.25, -0.2) is 4.98 Å². The molecule has 1 saturated carbocycles. The molecule has 1 aliphatic rings. The van der Waals surface area contributed by atoms with E-state index in [1.165, 1.54) is 45.5 Å². The fourth-order valence-electron chi connectivity index (χ4n) is 2.20. The first-order valence-electron chi connectivity index (χ1n) is 6.05. The maximum Gasteiger partial charge on any atom is 0.297 e. The maximum absolute atomic E-state index is 11.4. The van der Waals surface area contributed by atoms with Crippen molar-refractivity contribution in [1.82, 2.24) is 9.97 Å². The number of rotatable bonds is 4. The Balaban J connectivity index is 1.98. The normalized spacial score (nSPS) is 16.8. The van der Waals surface area contributed by atoms with Gasteiger partial charge in [-0.3, -0.25) is 4.79 Å². The van der Waals surface area contributed by atoms with Crippen LogP contribution in [0.2, 0.25) is 0 Å². The second kappa shape index (κ2) is 5.70. The van der Waals surface area contributed by atoms with Crippen LogP contribution in [-0.2, 0) is 0 Å². The minimum atomic E-state index is -0.304. The van der Waals surface area contributed by atoms with Crippen LogP contribution >= 0.6 is 0 Å². The van der Waals surface area contributed by atoms with Gasteiger partial charge in [0.05, 0.1) is 20.0 Å². The standard InChI is InChI=1S/C12H18N2O3/c1-16-10-11(15)13-8-14-12(10)17-7-9-5-3-2-4-6-9/h8-9H,2-7H2,1H3,(H,13,14,15). The van der Waals surface area contributed by atoms with E-state index < -0.39 is 0 Å². The molecule has 1 fully saturated rings. The molecule has 5 nitrogen and oxygen atoms in total. The monoisotopic (exact) mass is 238 g/mol. The topological polar surface area (TPSA) is 64.2 Å². The summed E-state index contributed by atoms with van der Waals surface area (Å²) in [7, 11) is 1.44. The molecule has 1 aliphatic carbocycles. The molecule has 1 aromatic heterocycles. The summed E-state index contributed by atoms with van der Waals surface area (Å²) in [4.78, 5) is 17.9. The minimum Gasteiger partial charge on any atom is -0.487 e. The van der Waals surface area contributed by atoms with Crippen LogP contribution in [0.3, 0.4) is 0 Å². The number of aromatic nitrogens is 2. The summed E-state index contributed by atoms with van der Waals surface area (Å²) in [5.41, 5.74) is -0.304. The van der Waals surface area contributed by atoms with Crippen molar-refractivity contribution in [2.24, 2.45) is 5.92 Å². The van der Waals surface area contributed by atoms with Gasteiger partial charge in [0, 0.05) is 0 Å². The van der Waals surface area contributed by atoms with Crippen LogP contribution in [0.25, 0.3) is 0 Å². The van der Waals surface area contributed by atoms with Crippen LogP contribution in [0.15, 0.2) is 11.1 Å². The van der Waals surface area contributed by atoms with E-state index >= 15 is 0 Å². The number of hydrogen-bond donors (Lipinski definition) is 1. The first-order chi connectivity index (χ1) is 8.31. The SMILES string of the molecule is COc1c(OCC2CCCCC2)nc[nH]c1=O. The molecule has 0 spiro atoms. The van der Waals surface area contributed by atoms with Crippen molar-refractivity contribution < 1.29 is 9.47 Å². The molecular formula is C12H18N2O3. The predicted octanol–water partition coefficient (Wildman–Crippen LogP) is 1.74. The third-order valence-corrected chi connectivity index (χ3v) is 3.16. The van der Waals surface area contributed by atoms with Gasteiger partial charge >= 0.3 is 0 Å². The quantitative estimate of drug-likeness (QED) is 0.867. The molecule has 0 amide bonds. The zero-order valence-electron chi connectivity index (χ0n) is 10.1. The molecule has 0 atom stereocenters. The van der Waals surface area contributed by atoms with Crippen molar-refractivity contribution >= 4 is 0 Å². The van der Waals surface area contributed by atoms with Gasteiger partial charge in [0.15, 0.2) is 0 Å². The Morgan fingerprint density at radius 2 is 2.18 bits per heavy atom. The van der Waals surface area contributed by atoms with Crippen LogP contribution in [0.5, 0.6) is 11.6 Å². The van der Waals surface area contributed by atoms with Gasteiger partial charge in [0.1, 0.15) is 0 Å². The molecule has 0 bridgehead atoms. The molecular weight excluding hydrogens is 220 g/mol. The number of ether oxygens (including phenoxy) is 2. The van der Waals surface area contributed by atoms with Crippen LogP contribution in [0.4, 0.5) is 0 Å². The van der Waals surface area contributed by atoms with Crippen LogP contribution < -0.4 is 15.0 Å². The van der Waals surface area contributed by atoms with E-state index in [-0.39, 0.29) is 11.3 Å². The Hall–Kier alpha value is -1.52. The van der Waals surface area contributed by atoms with E-state index in [0.29, 0.717) is 18.4 Å². The van der Waals surface area contributed by atoms with Gasteiger partial charge in [-0.2, -0.15) is 0 Å². The fraction of sp³-hybridized carbons (Fsp3) is 0.667. The van der Waals surface area contributed by atoms with Crippen molar-refractivity contribution in [1.29, 1.82) is 0 Å². The summed E-state index contributed by atoms with van der Waals surface area (Å²) < 4.78 is 10.6. The van der Waals surface area contributed by atoms with Crippen molar-refractivity contribution in [2.45, 2.75) is 32.1 Å². The summed E-state index contributed by atoms with van der Waals surface area (Å²) in [5.74, 6) is 1.03. The van der Waals surface area contributed by atoms with E-state index in [9.17, 15) is 4.79 Å². The Labute approximate surface area is 100 Å². The summed E-state index contributed by atoms with van der Waals surface area (Å²) in [6, 6.07) is 0. The average molecular weight is 238 g/mol. The lowest BCUT2D eigenvalue weighted by Crippen LogP contribution is -2.18. The Morgan fingerprint density at radius 3 is 2.88 bits per heavy atom. The first-order valence-corrected chi connectivity index (χ1v) is 6.05. The number of nitrogens with one attached hydrogen (secondary N) is 1. The van der Waals surface area contributed by atoms with Crippen molar-refractivity contribution in [3.63, 3.8) is 0 Å². The smallest absolute Gasteiger partial charge is 0.297 e. The Kier molecular flexibility index (Phi) is 4.01. The Morgan fingerprint density at radius 1 is 1.41 bits per heavy atom. The highest BCUT2D eigenvalue weighted by atomic mass is 16.5. The number of methoxy groups -OCH3 is 1. The predicted molar refractivity (Wildman–Crippen MR) is 63.5 cm³/mol. The third kappa shape index (κ3) is 2.99. The molecule has 2 rings (SSSR count). The van der Waals surface area contributed by atoms with Crippen molar-refractivity contribution in [3.05, 3.63) is 16.7 Å². The van der Waals surface area contributed by atoms with Gasteiger partial charge in [0.25, 0.3) is 11.4 Å². The van der Waals surface area contributed by atoms with E-state index in [1.807, 2.05) is 0 Å². The lowest BCUT2D eigenvalue weighted by molar-refractivity contribution is 0.195. The van der Waals surface area contributed by atoms with Gasteiger partial charge in [0.2, 0.25) is 5.75 Å². The van der Waals surface area contributed by atoms with Gasteiger partial charge in [-0.15, -0.1) is 0 Å². The zero-order chi connectivity index (χ0) is 12.1. The fourth-order valence-corrected chi connectivity index (χ4v) is 2.20. The number of H-pyrrole nitrogens is 1. The molecule has 94 valence electrons. The summed E-state index contributed by atoms with van der Waals surface area (Å²) in [6.45, 7) is 0.618. The molecule has 1 N–H and O–H groups in total. The second-order valence-electron chi connectivity index (χ2n) is 4.39. The van der Waals surface area contributed by atoms with E-state index in [0.717, 1.165) is 0 Å². The summed E-state index contributed by atoms with van der Waals surface area (Å²) in [5, 5.41) is 0. The van der Waals surface area contributed by atoms with Crippen LogP contribution in [-0.4, -0.2) is 23.7 Å². The highest BCUT2D eigenvalue weighted by molar-refractivity contribution is 5.29. The molecule has 0 aromatic carbocycles. The van der Waals surface area contributed by atoms with Gasteiger partial charge in [-0.05, 0) is 18.8 Å². The molecule has 0 radical (unpaired) electrons. The van der Waals surface area contributed by atoms with Gasteiger partial charge in [-0.1, -0.05) is 19.3 Å². The highest BCUT2D eigenvalue weighted by Crippen LogP contribution is 2.25. The molecule has 0 saturated heterocycles. The van der Waals surface area contributed by atoms with Crippen molar-refractivity contribution in [2.75, 3.05) is 13.7 Å². The largest absolute Gasteiger partial charge is 0.487 e. The average Bonchev–Trinajstić information content (AvgIpc) is 2.37. The van der Waals surface area contributed by atoms with E-state index in [1.54, 1.807) is 0 Å². The molecule has 17 heavy (non-hydrogen) atoms. The van der Waals surface area contributed by atoms with E-state index in [4.69, 9.17) is 9.47 Å². The zero-order valence-corrected chi connectivity index (χ0v) is 10.1. The lowest BCUT2D eigenvalue weighted by Gasteiger charge is -2.21. The maximum atomic E-state index is 11.4. The first kappa shape index (κ1) is 12.0. The van der Waals surface area contributed by atoms with Crippen molar-refractivity contribution in [3.8, 4) is 11.6 Å².